The van der Waals surface area contributed by atoms with Crippen molar-refractivity contribution in [2.75, 3.05) is 52.5 Å². The van der Waals surface area contributed by atoms with Crippen LogP contribution in [0.3, 0.4) is 0 Å². The zero-order chi connectivity index (χ0) is 33.7. The molecule has 0 heterocycles. The fourth-order valence-electron chi connectivity index (χ4n) is 4.02. The number of aliphatic hydroxyl groups is 1. The number of carbonyl (C=O) groups excluding carboxylic acids is 2. The Kier molecular flexibility index (Phi) is 18.5. The molecule has 0 aromatic heterocycles. The molecule has 1 aliphatic rings. The number of benzene rings is 2. The van der Waals surface area contributed by atoms with E-state index in [1.54, 1.807) is 20.8 Å². The van der Waals surface area contributed by atoms with Crippen LogP contribution in [0, 0.1) is 0 Å². The molecule has 13 heteroatoms. The number of ether oxygens (including phenoxy) is 2. The van der Waals surface area contributed by atoms with Crippen molar-refractivity contribution >= 4 is 24.1 Å². The molecule has 2 aromatic carbocycles. The fourth-order valence-corrected chi connectivity index (χ4v) is 4.02. The smallest absolute Gasteiger partial charge is 0.407 e. The van der Waals surface area contributed by atoms with E-state index in [1.807, 2.05) is 24.3 Å². The summed E-state index contributed by atoms with van der Waals surface area (Å²) in [4.78, 5) is 43.4. The molecule has 0 spiro atoms. The zero-order valence-electron chi connectivity index (χ0n) is 26.6. The average molecular weight is 633 g/mol. The molecule has 0 fully saturated rings. The van der Waals surface area contributed by atoms with Crippen molar-refractivity contribution in [3.63, 3.8) is 0 Å². The summed E-state index contributed by atoms with van der Waals surface area (Å²) < 4.78 is 10.3. The second kappa shape index (κ2) is 21.5. The summed E-state index contributed by atoms with van der Waals surface area (Å²) in [5.41, 5.74) is 4.19. The molecule has 250 valence electrons. The summed E-state index contributed by atoms with van der Waals surface area (Å²) in [7, 11) is 0. The Morgan fingerprint density at radius 2 is 1.22 bits per heavy atom. The van der Waals surface area contributed by atoms with E-state index in [4.69, 9.17) is 24.8 Å². The molecular weight excluding hydrogens is 584 g/mol. The van der Waals surface area contributed by atoms with Crippen molar-refractivity contribution in [3.05, 3.63) is 59.7 Å². The van der Waals surface area contributed by atoms with Gasteiger partial charge in [0, 0.05) is 38.7 Å². The first-order chi connectivity index (χ1) is 21.4. The van der Waals surface area contributed by atoms with Crippen molar-refractivity contribution < 1.29 is 44.0 Å². The molecule has 0 radical (unpaired) electrons. The van der Waals surface area contributed by atoms with Crippen LogP contribution in [0.4, 0.5) is 9.59 Å². The Bertz CT molecular complexity index is 1150. The predicted molar refractivity (Wildman–Crippen MR) is 170 cm³/mol. The lowest BCUT2D eigenvalue weighted by Crippen LogP contribution is -2.37. The van der Waals surface area contributed by atoms with Gasteiger partial charge in [-0.25, -0.2) is 9.59 Å². The van der Waals surface area contributed by atoms with Crippen LogP contribution in [0.5, 0.6) is 0 Å². The third-order valence-corrected chi connectivity index (χ3v) is 5.95. The van der Waals surface area contributed by atoms with Gasteiger partial charge in [0.2, 0.25) is 0 Å². The van der Waals surface area contributed by atoms with Crippen LogP contribution >= 0.6 is 0 Å². The Hall–Kier alpha value is -4.20. The summed E-state index contributed by atoms with van der Waals surface area (Å²) in [5.74, 6) is -1.82. The predicted octanol–water partition coefficient (Wildman–Crippen LogP) is 3.16. The molecule has 2 amide bonds. The number of fused-ring (bicyclic) bond motifs is 3. The summed E-state index contributed by atoms with van der Waals surface area (Å²) in [6, 6.07) is 16.3. The molecule has 0 saturated heterocycles. The van der Waals surface area contributed by atoms with E-state index in [0.29, 0.717) is 32.8 Å². The standard InChI is InChI=1S/C19H20N2O4.C9H18N2O4.C4H10O/c22-18(23)11-20-9-10-21-19(24)25-12-17-15-7-3-1-5-13(15)14-6-2-4-8-16(14)17;1-9(2,3)15-8(14)11-5-4-10-6-7(12)13;1-2-3-4-5/h1-8,17,20H,9-12H2,(H,21,24)(H,22,23);10H,4-6H2,1-3H3,(H,11,14)(H,12,13);5H,2-4H2,1H3. The number of hydrogen-bond donors (Lipinski definition) is 7. The second-order valence-corrected chi connectivity index (χ2v) is 10.9. The van der Waals surface area contributed by atoms with Gasteiger partial charge in [0.25, 0.3) is 0 Å². The van der Waals surface area contributed by atoms with Gasteiger partial charge in [0.15, 0.2) is 0 Å². The molecule has 7 N–H and O–H groups in total. The number of aliphatic hydroxyl groups excluding tert-OH is 1. The highest BCUT2D eigenvalue weighted by Crippen LogP contribution is 2.44. The van der Waals surface area contributed by atoms with Crippen molar-refractivity contribution in [2.24, 2.45) is 0 Å². The molecule has 45 heavy (non-hydrogen) atoms. The molecule has 0 atom stereocenters. The minimum atomic E-state index is -0.929. The van der Waals surface area contributed by atoms with E-state index in [0.717, 1.165) is 12.8 Å². The minimum Gasteiger partial charge on any atom is -0.480 e. The quantitative estimate of drug-likeness (QED) is 0.151. The Balaban J connectivity index is 0.000000431. The number of aliphatic carboxylic acids is 2. The fraction of sp³-hybridized carbons (Fsp3) is 0.500. The maximum atomic E-state index is 11.8. The SMILES string of the molecule is CC(C)(C)OC(=O)NCCNCC(=O)O.CCCCO.O=C(O)CNCCNC(=O)OCC1c2ccccc2-c2ccccc21. The van der Waals surface area contributed by atoms with E-state index in [2.05, 4.69) is 52.5 Å². The van der Waals surface area contributed by atoms with Gasteiger partial charge in [-0.3, -0.25) is 9.59 Å². The van der Waals surface area contributed by atoms with Crippen LogP contribution in [-0.4, -0.2) is 97.5 Å². The number of nitrogens with one attached hydrogen (secondary N) is 4. The molecule has 1 aliphatic carbocycles. The minimum absolute atomic E-state index is 0.0308. The lowest BCUT2D eigenvalue weighted by molar-refractivity contribution is -0.136. The Labute approximate surface area is 264 Å². The lowest BCUT2D eigenvalue weighted by atomic mass is 9.98. The average Bonchev–Trinajstić information content (AvgIpc) is 3.29. The Morgan fingerprint density at radius 3 is 1.62 bits per heavy atom. The van der Waals surface area contributed by atoms with Gasteiger partial charge in [-0.1, -0.05) is 61.9 Å². The monoisotopic (exact) mass is 632 g/mol. The van der Waals surface area contributed by atoms with Gasteiger partial charge < -0.3 is 46.1 Å². The number of hydrogen-bond acceptors (Lipinski definition) is 9. The normalized spacial score (nSPS) is 11.4. The third kappa shape index (κ3) is 17.0. The summed E-state index contributed by atoms with van der Waals surface area (Å²) in [6.45, 7) is 9.14. The van der Waals surface area contributed by atoms with Crippen LogP contribution < -0.4 is 21.3 Å². The van der Waals surface area contributed by atoms with Crippen LogP contribution in [0.1, 0.15) is 57.6 Å². The number of unbranched alkanes of at least 4 members (excludes halogenated alkanes) is 1. The first-order valence-electron chi connectivity index (χ1n) is 14.9. The maximum Gasteiger partial charge on any atom is 0.407 e. The third-order valence-electron chi connectivity index (χ3n) is 5.95. The van der Waals surface area contributed by atoms with Gasteiger partial charge in [-0.2, -0.15) is 0 Å². The van der Waals surface area contributed by atoms with Gasteiger partial charge in [-0.15, -0.1) is 0 Å². The molecule has 0 saturated carbocycles. The summed E-state index contributed by atoms with van der Waals surface area (Å²) in [5, 5.41) is 35.3. The molecule has 2 aromatic rings. The van der Waals surface area contributed by atoms with Crippen molar-refractivity contribution in [1.82, 2.24) is 21.3 Å². The molecule has 3 rings (SSSR count). The van der Waals surface area contributed by atoms with Gasteiger partial charge in [0.1, 0.15) is 12.2 Å². The highest BCUT2D eigenvalue weighted by Gasteiger charge is 2.28. The van der Waals surface area contributed by atoms with Crippen molar-refractivity contribution in [2.45, 2.75) is 52.1 Å². The first-order valence-corrected chi connectivity index (χ1v) is 14.9. The highest BCUT2D eigenvalue weighted by atomic mass is 16.6. The highest BCUT2D eigenvalue weighted by molar-refractivity contribution is 5.79. The van der Waals surface area contributed by atoms with E-state index in [9.17, 15) is 19.2 Å². The molecule has 0 bridgehead atoms. The van der Waals surface area contributed by atoms with Crippen LogP contribution in [-0.2, 0) is 19.1 Å². The van der Waals surface area contributed by atoms with Gasteiger partial charge in [0.05, 0.1) is 13.1 Å². The summed E-state index contributed by atoms with van der Waals surface area (Å²) in [6.07, 6.45) is 1.04. The van der Waals surface area contributed by atoms with Crippen LogP contribution in [0.2, 0.25) is 0 Å². The van der Waals surface area contributed by atoms with E-state index >= 15 is 0 Å². The maximum absolute atomic E-state index is 11.8. The van der Waals surface area contributed by atoms with Gasteiger partial charge >= 0.3 is 24.1 Å². The first kappa shape index (κ1) is 38.8. The van der Waals surface area contributed by atoms with Crippen molar-refractivity contribution in [3.8, 4) is 11.1 Å². The molecular formula is C32H48N4O9. The Morgan fingerprint density at radius 1 is 0.756 bits per heavy atom. The van der Waals surface area contributed by atoms with E-state index in [1.165, 1.54) is 22.3 Å². The van der Waals surface area contributed by atoms with E-state index in [-0.39, 0.29) is 25.6 Å². The second-order valence-electron chi connectivity index (χ2n) is 10.9. The van der Waals surface area contributed by atoms with Crippen LogP contribution in [0.15, 0.2) is 48.5 Å². The lowest BCUT2D eigenvalue weighted by Gasteiger charge is -2.19. The topological polar surface area (TPSA) is 196 Å². The molecule has 0 unspecified atom stereocenters. The largest absolute Gasteiger partial charge is 0.480 e. The molecule has 13 nitrogen and oxygen atoms in total. The number of carboxylic acids is 2. The summed E-state index contributed by atoms with van der Waals surface area (Å²) >= 11 is 0. The number of amides is 2. The number of carbonyl (C=O) groups is 4. The zero-order valence-corrected chi connectivity index (χ0v) is 26.6. The van der Waals surface area contributed by atoms with Crippen molar-refractivity contribution in [1.29, 1.82) is 0 Å². The van der Waals surface area contributed by atoms with E-state index < -0.39 is 29.7 Å². The van der Waals surface area contributed by atoms with Crippen LogP contribution in [0.25, 0.3) is 11.1 Å². The number of carboxylic acid groups (broad SMARTS) is 2. The number of alkyl carbamates (subject to hydrolysis) is 2. The number of rotatable bonds is 14. The molecule has 0 aliphatic heterocycles. The van der Waals surface area contributed by atoms with Gasteiger partial charge in [-0.05, 0) is 49.4 Å².